The summed E-state index contributed by atoms with van der Waals surface area (Å²) in [5.74, 6) is 0.307. The highest BCUT2D eigenvalue weighted by molar-refractivity contribution is 5.92. The van der Waals surface area contributed by atoms with Gasteiger partial charge < -0.3 is 15.3 Å². The summed E-state index contributed by atoms with van der Waals surface area (Å²) in [6.45, 7) is 2.32. The molecule has 104 valence electrons. The first kappa shape index (κ1) is 14.0. The van der Waals surface area contributed by atoms with Gasteiger partial charge in [0, 0.05) is 25.2 Å². The molecule has 1 aliphatic heterocycles. The van der Waals surface area contributed by atoms with E-state index in [1.165, 1.54) is 4.90 Å². The van der Waals surface area contributed by atoms with Crippen molar-refractivity contribution in [1.29, 1.82) is 0 Å². The summed E-state index contributed by atoms with van der Waals surface area (Å²) in [6.07, 6.45) is 2.13. The standard InChI is InChI=1S/C14H21N3O2/c1-17(9-10-18)14(19)13-4-2-3-12(16-13)11-5-7-15-8-6-11/h2-4,11,15,18H,5-10H2,1H3. The molecule has 0 spiro atoms. The summed E-state index contributed by atoms with van der Waals surface area (Å²) >= 11 is 0. The zero-order valence-electron chi connectivity index (χ0n) is 11.3. The van der Waals surface area contributed by atoms with Crippen molar-refractivity contribution in [3.05, 3.63) is 29.6 Å². The van der Waals surface area contributed by atoms with Gasteiger partial charge in [-0.05, 0) is 38.1 Å². The molecule has 5 nitrogen and oxygen atoms in total. The number of nitrogens with zero attached hydrogens (tertiary/aromatic N) is 2. The van der Waals surface area contributed by atoms with E-state index < -0.39 is 0 Å². The SMILES string of the molecule is CN(CCO)C(=O)c1cccc(C2CCNCC2)n1. The first-order valence-electron chi connectivity index (χ1n) is 6.76. The molecule has 0 atom stereocenters. The van der Waals surface area contributed by atoms with E-state index in [2.05, 4.69) is 10.3 Å². The van der Waals surface area contributed by atoms with Gasteiger partial charge in [0.25, 0.3) is 5.91 Å². The highest BCUT2D eigenvalue weighted by atomic mass is 16.3. The Labute approximate surface area is 113 Å². The quantitative estimate of drug-likeness (QED) is 0.835. The van der Waals surface area contributed by atoms with Crippen LogP contribution in [-0.2, 0) is 0 Å². The maximum Gasteiger partial charge on any atom is 0.272 e. The first-order valence-corrected chi connectivity index (χ1v) is 6.76. The number of hydrogen-bond donors (Lipinski definition) is 2. The zero-order valence-corrected chi connectivity index (χ0v) is 11.3. The number of carbonyl (C=O) groups excluding carboxylic acids is 1. The molecule has 1 aromatic heterocycles. The minimum absolute atomic E-state index is 0.0315. The van der Waals surface area contributed by atoms with E-state index in [4.69, 9.17) is 5.11 Å². The second-order valence-corrected chi connectivity index (χ2v) is 4.92. The number of likely N-dealkylation sites (N-methyl/N-ethyl adjacent to an activating group) is 1. The molecular formula is C14H21N3O2. The van der Waals surface area contributed by atoms with Gasteiger partial charge in [0.15, 0.2) is 0 Å². The Balaban J connectivity index is 2.12. The minimum atomic E-state index is -0.134. The number of aliphatic hydroxyl groups excluding tert-OH is 1. The van der Waals surface area contributed by atoms with Crippen molar-refractivity contribution in [2.75, 3.05) is 33.3 Å². The molecule has 1 saturated heterocycles. The third-order valence-corrected chi connectivity index (χ3v) is 3.53. The number of piperidine rings is 1. The van der Waals surface area contributed by atoms with Gasteiger partial charge in [-0.25, -0.2) is 4.98 Å². The summed E-state index contributed by atoms with van der Waals surface area (Å²) in [6, 6.07) is 5.63. The Hall–Kier alpha value is -1.46. The highest BCUT2D eigenvalue weighted by Crippen LogP contribution is 2.23. The zero-order chi connectivity index (χ0) is 13.7. The second kappa shape index (κ2) is 6.63. The maximum absolute atomic E-state index is 12.1. The van der Waals surface area contributed by atoms with E-state index >= 15 is 0 Å². The lowest BCUT2D eigenvalue weighted by Crippen LogP contribution is -2.31. The van der Waals surface area contributed by atoms with Gasteiger partial charge in [0.1, 0.15) is 5.69 Å². The van der Waals surface area contributed by atoms with Crippen LogP contribution in [0.5, 0.6) is 0 Å². The Bertz CT molecular complexity index is 430. The highest BCUT2D eigenvalue weighted by Gasteiger charge is 2.19. The van der Waals surface area contributed by atoms with Crippen molar-refractivity contribution >= 4 is 5.91 Å². The summed E-state index contributed by atoms with van der Waals surface area (Å²) < 4.78 is 0. The first-order chi connectivity index (χ1) is 9.22. The van der Waals surface area contributed by atoms with Gasteiger partial charge >= 0.3 is 0 Å². The van der Waals surface area contributed by atoms with Gasteiger partial charge in [-0.3, -0.25) is 4.79 Å². The number of aliphatic hydroxyl groups is 1. The van der Waals surface area contributed by atoms with Crippen molar-refractivity contribution in [3.8, 4) is 0 Å². The van der Waals surface area contributed by atoms with Crippen LogP contribution in [0.1, 0.15) is 34.9 Å². The van der Waals surface area contributed by atoms with Crippen LogP contribution in [0, 0.1) is 0 Å². The number of aromatic nitrogens is 1. The van der Waals surface area contributed by atoms with Crippen molar-refractivity contribution in [2.24, 2.45) is 0 Å². The second-order valence-electron chi connectivity index (χ2n) is 4.92. The van der Waals surface area contributed by atoms with Gasteiger partial charge in [0.2, 0.25) is 0 Å². The van der Waals surface area contributed by atoms with Crippen LogP contribution in [0.15, 0.2) is 18.2 Å². The lowest BCUT2D eigenvalue weighted by Gasteiger charge is -2.22. The van der Waals surface area contributed by atoms with Crippen LogP contribution < -0.4 is 5.32 Å². The van der Waals surface area contributed by atoms with E-state index in [9.17, 15) is 4.79 Å². The normalized spacial score (nSPS) is 16.3. The van der Waals surface area contributed by atoms with E-state index in [-0.39, 0.29) is 12.5 Å². The molecule has 1 aliphatic rings. The topological polar surface area (TPSA) is 65.5 Å². The molecule has 2 heterocycles. The molecule has 0 radical (unpaired) electrons. The van der Waals surface area contributed by atoms with E-state index in [1.54, 1.807) is 13.1 Å². The molecular weight excluding hydrogens is 242 g/mol. The van der Waals surface area contributed by atoms with Gasteiger partial charge in [0.05, 0.1) is 6.61 Å². The molecule has 1 fully saturated rings. The summed E-state index contributed by atoms with van der Waals surface area (Å²) in [4.78, 5) is 18.1. The minimum Gasteiger partial charge on any atom is -0.395 e. The Kier molecular flexibility index (Phi) is 4.87. The average molecular weight is 263 g/mol. The van der Waals surface area contributed by atoms with E-state index in [0.29, 0.717) is 18.2 Å². The molecule has 0 aliphatic carbocycles. The summed E-state index contributed by atoms with van der Waals surface area (Å²) in [7, 11) is 1.68. The largest absolute Gasteiger partial charge is 0.395 e. The average Bonchev–Trinajstić information content (AvgIpc) is 2.48. The number of pyridine rings is 1. The molecule has 0 unspecified atom stereocenters. The molecule has 0 aromatic carbocycles. The van der Waals surface area contributed by atoms with Crippen LogP contribution in [0.4, 0.5) is 0 Å². The summed E-state index contributed by atoms with van der Waals surface area (Å²) in [5, 5.41) is 12.2. The molecule has 19 heavy (non-hydrogen) atoms. The number of carbonyl (C=O) groups is 1. The fourth-order valence-corrected chi connectivity index (χ4v) is 2.36. The third-order valence-electron chi connectivity index (χ3n) is 3.53. The number of nitrogens with one attached hydrogen (secondary N) is 1. The van der Waals surface area contributed by atoms with Crippen LogP contribution in [-0.4, -0.2) is 54.2 Å². The monoisotopic (exact) mass is 263 g/mol. The predicted octanol–water partition coefficient (Wildman–Crippen LogP) is 0.613. The number of hydrogen-bond acceptors (Lipinski definition) is 4. The fraction of sp³-hybridized carbons (Fsp3) is 0.571. The number of rotatable bonds is 4. The van der Waals surface area contributed by atoms with E-state index in [1.807, 2.05) is 12.1 Å². The molecule has 2 N–H and O–H groups in total. The molecule has 1 amide bonds. The lowest BCUT2D eigenvalue weighted by molar-refractivity contribution is 0.0761. The smallest absolute Gasteiger partial charge is 0.272 e. The molecule has 2 rings (SSSR count). The third kappa shape index (κ3) is 3.52. The fourth-order valence-electron chi connectivity index (χ4n) is 2.36. The Morgan fingerprint density at radius 2 is 2.21 bits per heavy atom. The van der Waals surface area contributed by atoms with Crippen LogP contribution in [0.25, 0.3) is 0 Å². The molecule has 5 heteroatoms. The molecule has 0 saturated carbocycles. The predicted molar refractivity (Wildman–Crippen MR) is 73.1 cm³/mol. The van der Waals surface area contributed by atoms with Gasteiger partial charge in [-0.2, -0.15) is 0 Å². The molecule has 1 aromatic rings. The van der Waals surface area contributed by atoms with Crippen molar-refractivity contribution in [2.45, 2.75) is 18.8 Å². The number of amides is 1. The van der Waals surface area contributed by atoms with Crippen molar-refractivity contribution < 1.29 is 9.90 Å². The van der Waals surface area contributed by atoms with E-state index in [0.717, 1.165) is 31.6 Å². The maximum atomic E-state index is 12.1. The summed E-state index contributed by atoms with van der Waals surface area (Å²) in [5.41, 5.74) is 1.47. The lowest BCUT2D eigenvalue weighted by atomic mass is 9.94. The van der Waals surface area contributed by atoms with Crippen LogP contribution in [0.3, 0.4) is 0 Å². The van der Waals surface area contributed by atoms with Crippen molar-refractivity contribution in [3.63, 3.8) is 0 Å². The Morgan fingerprint density at radius 3 is 2.89 bits per heavy atom. The van der Waals surface area contributed by atoms with Crippen LogP contribution in [0.2, 0.25) is 0 Å². The van der Waals surface area contributed by atoms with Crippen molar-refractivity contribution in [1.82, 2.24) is 15.2 Å². The van der Waals surface area contributed by atoms with Crippen LogP contribution >= 0.6 is 0 Å². The van der Waals surface area contributed by atoms with Gasteiger partial charge in [-0.15, -0.1) is 0 Å². The van der Waals surface area contributed by atoms with Gasteiger partial charge in [-0.1, -0.05) is 6.07 Å². The molecule has 0 bridgehead atoms. The Morgan fingerprint density at radius 1 is 1.47 bits per heavy atom.